The first kappa shape index (κ1) is 31.4. The number of pyridine rings is 2. The number of hydrogen-bond donors (Lipinski definition) is 1. The van der Waals surface area contributed by atoms with Crippen molar-refractivity contribution in [2.24, 2.45) is 0 Å². The Hall–Kier alpha value is -6.55. The van der Waals surface area contributed by atoms with Crippen molar-refractivity contribution in [2.75, 3.05) is 5.32 Å². The Morgan fingerprint density at radius 2 is 0.654 bits per heavy atom. The molecule has 4 aromatic heterocycles. The molecule has 5 nitrogen and oxygen atoms in total. The smallest absolute Gasteiger partial charge is 0.138 e. The summed E-state index contributed by atoms with van der Waals surface area (Å²) >= 11 is 0. The maximum absolute atomic E-state index is 5.13. The van der Waals surface area contributed by atoms with Crippen LogP contribution < -0.4 is 16.2 Å². The number of fused-ring (bicyclic) bond motifs is 6. The van der Waals surface area contributed by atoms with Crippen LogP contribution in [0.1, 0.15) is 0 Å². The summed E-state index contributed by atoms with van der Waals surface area (Å²) in [6.45, 7) is 0. The molecule has 0 atom stereocenters. The molecule has 6 heteroatoms. The van der Waals surface area contributed by atoms with Crippen molar-refractivity contribution in [1.29, 1.82) is 0 Å². The quantitative estimate of drug-likeness (QED) is 0.177. The van der Waals surface area contributed by atoms with Crippen LogP contribution in [0, 0.1) is 0 Å². The van der Waals surface area contributed by atoms with E-state index in [2.05, 4.69) is 148 Å². The summed E-state index contributed by atoms with van der Waals surface area (Å²) in [4.78, 5) is 10.3. The van der Waals surface area contributed by atoms with Crippen LogP contribution in [0.5, 0.6) is 0 Å². The maximum Gasteiger partial charge on any atom is 0.138 e. The molecule has 0 aliphatic carbocycles. The molecule has 0 radical (unpaired) electrons. The van der Waals surface area contributed by atoms with E-state index in [0.29, 0.717) is 8.58 Å². The molecule has 0 aliphatic rings. The third kappa shape index (κ3) is 6.08. The van der Waals surface area contributed by atoms with Gasteiger partial charge in [-0.1, -0.05) is 121 Å². The molecule has 10 aromatic rings. The summed E-state index contributed by atoms with van der Waals surface area (Å²) in [6.07, 6.45) is 0. The SMILES string of the molecule is c1cc(Pc2cccc(-n3c4ccccc4c4ccccc43)n2)nc(-n2c3ccccc3c3ccccc32)c1.c1ccc(Nc2ccccc2)cc1. The molecule has 0 spiro atoms. The number of rotatable bonds is 6. The fraction of sp³-hybridized carbons (Fsp3) is 0. The molecule has 1 N–H and O–H groups in total. The summed E-state index contributed by atoms with van der Waals surface area (Å²) < 4.78 is 4.53. The zero-order chi connectivity index (χ0) is 34.7. The van der Waals surface area contributed by atoms with E-state index in [1.165, 1.54) is 21.5 Å². The van der Waals surface area contributed by atoms with Gasteiger partial charge in [0, 0.05) is 32.9 Å². The molecule has 10 rings (SSSR count). The molecular weight excluding hydrogens is 654 g/mol. The van der Waals surface area contributed by atoms with E-state index in [0.717, 1.165) is 55.9 Å². The van der Waals surface area contributed by atoms with Crippen molar-refractivity contribution in [3.63, 3.8) is 0 Å². The van der Waals surface area contributed by atoms with Gasteiger partial charge in [0.2, 0.25) is 0 Å². The Morgan fingerprint density at radius 3 is 1.02 bits per heavy atom. The van der Waals surface area contributed by atoms with E-state index in [1.807, 2.05) is 60.7 Å². The lowest BCUT2D eigenvalue weighted by molar-refractivity contribution is 1.09. The van der Waals surface area contributed by atoms with Gasteiger partial charge in [-0.05, 0) is 81.4 Å². The second-order valence-corrected chi connectivity index (χ2v) is 13.8. The number of nitrogens with zero attached hydrogens (tertiary/aromatic N) is 4. The number of hydrogen-bond acceptors (Lipinski definition) is 3. The van der Waals surface area contributed by atoms with Crippen molar-refractivity contribution in [2.45, 2.75) is 0 Å². The normalized spacial score (nSPS) is 11.2. The van der Waals surface area contributed by atoms with Crippen LogP contribution in [0.2, 0.25) is 0 Å². The van der Waals surface area contributed by atoms with Gasteiger partial charge in [-0.15, -0.1) is 0 Å². The Bertz CT molecular complexity index is 2510. The van der Waals surface area contributed by atoms with Gasteiger partial charge in [0.15, 0.2) is 0 Å². The van der Waals surface area contributed by atoms with Crippen molar-refractivity contribution in [3.05, 3.63) is 194 Å². The third-order valence-electron chi connectivity index (χ3n) is 9.18. The molecule has 0 fully saturated rings. The van der Waals surface area contributed by atoms with Gasteiger partial charge in [-0.2, -0.15) is 0 Å². The highest BCUT2D eigenvalue weighted by atomic mass is 31.1. The van der Waals surface area contributed by atoms with Crippen LogP contribution >= 0.6 is 8.58 Å². The highest BCUT2D eigenvalue weighted by Gasteiger charge is 2.15. The first-order valence-electron chi connectivity index (χ1n) is 17.4. The molecular formula is C46H34N5P. The molecule has 52 heavy (non-hydrogen) atoms. The highest BCUT2D eigenvalue weighted by molar-refractivity contribution is 7.54. The van der Waals surface area contributed by atoms with Gasteiger partial charge in [0.25, 0.3) is 0 Å². The van der Waals surface area contributed by atoms with E-state index in [9.17, 15) is 0 Å². The van der Waals surface area contributed by atoms with Crippen LogP contribution in [0.3, 0.4) is 0 Å². The van der Waals surface area contributed by atoms with E-state index >= 15 is 0 Å². The van der Waals surface area contributed by atoms with Crippen molar-refractivity contribution >= 4 is 74.4 Å². The minimum Gasteiger partial charge on any atom is -0.356 e. The van der Waals surface area contributed by atoms with Gasteiger partial charge >= 0.3 is 0 Å². The summed E-state index contributed by atoms with van der Waals surface area (Å²) in [7, 11) is 0.337. The van der Waals surface area contributed by atoms with Gasteiger partial charge in [0.1, 0.15) is 11.6 Å². The number of benzene rings is 6. The molecule has 6 aromatic carbocycles. The molecule has 0 saturated heterocycles. The van der Waals surface area contributed by atoms with E-state index in [4.69, 9.17) is 9.97 Å². The molecule has 0 saturated carbocycles. The summed E-state index contributed by atoms with van der Waals surface area (Å²) in [5.41, 5.74) is 8.93. The van der Waals surface area contributed by atoms with Crippen LogP contribution in [0.15, 0.2) is 194 Å². The second-order valence-electron chi connectivity index (χ2n) is 12.5. The lowest BCUT2D eigenvalue weighted by atomic mass is 10.2. The number of nitrogens with one attached hydrogen (secondary N) is 1. The fourth-order valence-electron chi connectivity index (χ4n) is 6.91. The van der Waals surface area contributed by atoms with Crippen molar-refractivity contribution < 1.29 is 0 Å². The summed E-state index contributed by atoms with van der Waals surface area (Å²) in [5.74, 6) is 1.85. The summed E-state index contributed by atoms with van der Waals surface area (Å²) in [5, 5.41) is 8.26. The first-order valence-corrected chi connectivity index (χ1v) is 18.4. The Kier molecular flexibility index (Phi) is 8.46. The molecule has 0 bridgehead atoms. The Labute approximate surface area is 303 Å². The fourth-order valence-corrected chi connectivity index (χ4v) is 7.88. The largest absolute Gasteiger partial charge is 0.356 e. The number of aromatic nitrogens is 4. The predicted molar refractivity (Wildman–Crippen MR) is 221 cm³/mol. The van der Waals surface area contributed by atoms with Gasteiger partial charge in [-0.25, -0.2) is 9.97 Å². The van der Waals surface area contributed by atoms with Crippen LogP contribution in [0.25, 0.3) is 55.2 Å². The Balaban J connectivity index is 0.000000234. The van der Waals surface area contributed by atoms with Crippen molar-refractivity contribution in [1.82, 2.24) is 19.1 Å². The number of anilines is 2. The molecule has 248 valence electrons. The molecule has 0 amide bonds. The van der Waals surface area contributed by atoms with E-state index < -0.39 is 0 Å². The molecule has 0 aliphatic heterocycles. The van der Waals surface area contributed by atoms with Crippen LogP contribution in [0.4, 0.5) is 11.4 Å². The minimum atomic E-state index is 0.337. The monoisotopic (exact) mass is 687 g/mol. The number of para-hydroxylation sites is 6. The van der Waals surface area contributed by atoms with Gasteiger partial charge in [-0.3, -0.25) is 9.13 Å². The van der Waals surface area contributed by atoms with Gasteiger partial charge < -0.3 is 5.32 Å². The maximum atomic E-state index is 5.13. The lowest BCUT2D eigenvalue weighted by Gasteiger charge is -2.10. The van der Waals surface area contributed by atoms with Crippen LogP contribution in [-0.2, 0) is 0 Å². The van der Waals surface area contributed by atoms with E-state index in [1.54, 1.807) is 0 Å². The van der Waals surface area contributed by atoms with Gasteiger partial charge in [0.05, 0.1) is 32.9 Å². The van der Waals surface area contributed by atoms with E-state index in [-0.39, 0.29) is 0 Å². The second kappa shape index (κ2) is 14.0. The summed E-state index contributed by atoms with van der Waals surface area (Å²) in [6, 6.07) is 67.1. The highest BCUT2D eigenvalue weighted by Crippen LogP contribution is 2.32. The standard InChI is InChI=1S/C34H23N4P.C12H11N/c1-5-15-27-23(11-1)24-12-2-6-16-28(24)37(27)31-19-9-21-33(35-31)39-34-22-10-20-32(36-34)38-29-17-7-3-13-25(29)26-14-4-8-18-30(26)38;1-3-7-11(8-4-1)13-12-9-5-2-6-10-12/h1-22,39H;1-10,13H. The average molecular weight is 688 g/mol. The average Bonchev–Trinajstić information content (AvgIpc) is 3.72. The van der Waals surface area contributed by atoms with Crippen molar-refractivity contribution in [3.8, 4) is 11.6 Å². The zero-order valence-electron chi connectivity index (χ0n) is 28.3. The molecule has 4 heterocycles. The third-order valence-corrected chi connectivity index (χ3v) is 10.2. The van der Waals surface area contributed by atoms with Crippen LogP contribution in [-0.4, -0.2) is 19.1 Å². The first-order chi connectivity index (χ1) is 25.8. The lowest BCUT2D eigenvalue weighted by Crippen LogP contribution is -2.14. The predicted octanol–water partition coefficient (Wildman–Crippen LogP) is 10.7. The minimum absolute atomic E-state index is 0.337. The topological polar surface area (TPSA) is 47.7 Å². The molecule has 0 unspecified atom stereocenters. The zero-order valence-corrected chi connectivity index (χ0v) is 29.3. The Morgan fingerprint density at radius 1 is 0.327 bits per heavy atom.